The number of nitrogens with zero attached hydrogens (tertiary/aromatic N) is 2. The monoisotopic (exact) mass is 378 g/mol. The van der Waals surface area contributed by atoms with Crippen LogP contribution in [0.15, 0.2) is 53.4 Å². The number of piperazine rings is 1. The van der Waals surface area contributed by atoms with E-state index >= 15 is 0 Å². The predicted molar refractivity (Wildman–Crippen MR) is 98.0 cm³/mol. The summed E-state index contributed by atoms with van der Waals surface area (Å²) in [6.07, 6.45) is 0. The van der Waals surface area contributed by atoms with Crippen LogP contribution >= 0.6 is 0 Å². The van der Waals surface area contributed by atoms with Gasteiger partial charge in [0.15, 0.2) is 0 Å². The third-order valence-electron chi connectivity index (χ3n) is 4.43. The Morgan fingerprint density at radius 3 is 2.46 bits per heavy atom. The highest BCUT2D eigenvalue weighted by Crippen LogP contribution is 2.22. The maximum atomic E-state index is 13.4. The Kier molecular flexibility index (Phi) is 5.90. The first-order valence-corrected chi connectivity index (χ1v) is 10.1. The molecule has 140 valence electrons. The molecule has 1 aliphatic heterocycles. The Labute approximate surface area is 154 Å². The molecule has 2 aromatic carbocycles. The first-order chi connectivity index (χ1) is 12.5. The summed E-state index contributed by atoms with van der Waals surface area (Å²) in [7, 11) is -3.66. The van der Waals surface area contributed by atoms with Gasteiger partial charge in [0.2, 0.25) is 10.0 Å². The second-order valence-electron chi connectivity index (χ2n) is 6.18. The Bertz CT molecular complexity index is 849. The van der Waals surface area contributed by atoms with Gasteiger partial charge < -0.3 is 4.74 Å². The molecule has 3 rings (SSSR count). The van der Waals surface area contributed by atoms with E-state index in [0.717, 1.165) is 17.4 Å². The van der Waals surface area contributed by atoms with Crippen LogP contribution in [0, 0.1) is 5.82 Å². The fraction of sp³-hybridized carbons (Fsp3) is 0.368. The molecule has 1 saturated heterocycles. The number of sulfonamides is 1. The number of hydrogen-bond donors (Lipinski definition) is 0. The molecule has 0 unspecified atom stereocenters. The SMILES string of the molecule is CCOc1ccccc1CN1CCN(S(=O)(=O)c2cccc(F)c2)CC1. The van der Waals surface area contributed by atoms with Gasteiger partial charge in [-0.25, -0.2) is 12.8 Å². The molecule has 26 heavy (non-hydrogen) atoms. The predicted octanol–water partition coefficient (Wildman–Crippen LogP) is 2.73. The molecule has 0 aliphatic carbocycles. The van der Waals surface area contributed by atoms with Crippen LogP contribution in [0.3, 0.4) is 0 Å². The minimum absolute atomic E-state index is 0.00708. The van der Waals surface area contributed by atoms with E-state index in [0.29, 0.717) is 39.3 Å². The zero-order valence-electron chi connectivity index (χ0n) is 14.8. The zero-order valence-corrected chi connectivity index (χ0v) is 15.6. The van der Waals surface area contributed by atoms with Gasteiger partial charge in [0, 0.05) is 38.3 Å². The summed E-state index contributed by atoms with van der Waals surface area (Å²) in [6, 6.07) is 13.1. The van der Waals surface area contributed by atoms with Crippen molar-refractivity contribution in [2.45, 2.75) is 18.4 Å². The molecule has 0 saturated carbocycles. The molecular formula is C19H23FN2O3S. The molecule has 0 bridgehead atoms. The van der Waals surface area contributed by atoms with Gasteiger partial charge in [0.1, 0.15) is 11.6 Å². The number of halogens is 1. The van der Waals surface area contributed by atoms with Crippen molar-refractivity contribution in [3.63, 3.8) is 0 Å². The highest BCUT2D eigenvalue weighted by Gasteiger charge is 2.28. The normalized spacial score (nSPS) is 16.5. The molecule has 0 atom stereocenters. The quantitative estimate of drug-likeness (QED) is 0.776. The molecule has 2 aromatic rings. The van der Waals surface area contributed by atoms with Crippen molar-refractivity contribution in [3.8, 4) is 5.75 Å². The molecule has 0 radical (unpaired) electrons. The van der Waals surface area contributed by atoms with Crippen LogP contribution in [0.4, 0.5) is 4.39 Å². The third kappa shape index (κ3) is 4.23. The molecule has 0 aromatic heterocycles. The Morgan fingerprint density at radius 2 is 1.77 bits per heavy atom. The van der Waals surface area contributed by atoms with Crippen molar-refractivity contribution >= 4 is 10.0 Å². The maximum Gasteiger partial charge on any atom is 0.243 e. The van der Waals surface area contributed by atoms with E-state index in [4.69, 9.17) is 4.74 Å². The summed E-state index contributed by atoms with van der Waals surface area (Å²) in [4.78, 5) is 2.21. The highest BCUT2D eigenvalue weighted by atomic mass is 32.2. The van der Waals surface area contributed by atoms with E-state index in [-0.39, 0.29) is 4.90 Å². The van der Waals surface area contributed by atoms with Crippen LogP contribution in [0.2, 0.25) is 0 Å². The minimum atomic E-state index is -3.66. The second-order valence-corrected chi connectivity index (χ2v) is 8.12. The lowest BCUT2D eigenvalue weighted by Crippen LogP contribution is -2.48. The fourth-order valence-corrected chi connectivity index (χ4v) is 4.53. The largest absolute Gasteiger partial charge is 0.494 e. The number of ether oxygens (including phenoxy) is 1. The second kappa shape index (κ2) is 8.16. The lowest BCUT2D eigenvalue weighted by Gasteiger charge is -2.34. The van der Waals surface area contributed by atoms with E-state index in [1.165, 1.54) is 22.5 Å². The maximum absolute atomic E-state index is 13.4. The smallest absolute Gasteiger partial charge is 0.243 e. The molecule has 0 N–H and O–H groups in total. The van der Waals surface area contributed by atoms with Gasteiger partial charge in [-0.05, 0) is 31.2 Å². The fourth-order valence-electron chi connectivity index (χ4n) is 3.08. The highest BCUT2D eigenvalue weighted by molar-refractivity contribution is 7.89. The van der Waals surface area contributed by atoms with Crippen molar-refractivity contribution in [2.75, 3.05) is 32.8 Å². The van der Waals surface area contributed by atoms with Crippen LogP contribution in [-0.4, -0.2) is 50.4 Å². The average molecular weight is 378 g/mol. The summed E-state index contributed by atoms with van der Waals surface area (Å²) in [5.41, 5.74) is 1.09. The van der Waals surface area contributed by atoms with Crippen LogP contribution in [-0.2, 0) is 16.6 Å². The zero-order chi connectivity index (χ0) is 18.6. The molecule has 1 heterocycles. The van der Waals surface area contributed by atoms with Crippen molar-refractivity contribution in [1.82, 2.24) is 9.21 Å². The van der Waals surface area contributed by atoms with Crippen molar-refractivity contribution in [1.29, 1.82) is 0 Å². The molecular weight excluding hydrogens is 355 g/mol. The van der Waals surface area contributed by atoms with Gasteiger partial charge in [-0.3, -0.25) is 4.90 Å². The molecule has 1 fully saturated rings. The number of rotatable bonds is 6. The van der Waals surface area contributed by atoms with E-state index in [9.17, 15) is 12.8 Å². The van der Waals surface area contributed by atoms with Gasteiger partial charge in [-0.2, -0.15) is 4.31 Å². The first-order valence-electron chi connectivity index (χ1n) is 8.69. The summed E-state index contributed by atoms with van der Waals surface area (Å²) in [6.45, 7) is 5.28. The van der Waals surface area contributed by atoms with Gasteiger partial charge in [0.05, 0.1) is 11.5 Å². The molecule has 0 spiro atoms. The standard InChI is InChI=1S/C19H23FN2O3S/c1-2-25-19-9-4-3-6-16(19)15-21-10-12-22(13-11-21)26(23,24)18-8-5-7-17(20)14-18/h3-9,14H,2,10-13,15H2,1H3. The van der Waals surface area contributed by atoms with E-state index < -0.39 is 15.8 Å². The van der Waals surface area contributed by atoms with Crippen molar-refractivity contribution in [2.24, 2.45) is 0 Å². The lowest BCUT2D eigenvalue weighted by atomic mass is 10.2. The van der Waals surface area contributed by atoms with Crippen molar-refractivity contribution in [3.05, 3.63) is 59.9 Å². The summed E-state index contributed by atoms with van der Waals surface area (Å²) in [5.74, 6) is 0.321. The number of benzene rings is 2. The average Bonchev–Trinajstić information content (AvgIpc) is 2.64. The van der Waals surface area contributed by atoms with Crippen LogP contribution in [0.1, 0.15) is 12.5 Å². The Hall–Kier alpha value is -1.96. The number of hydrogen-bond acceptors (Lipinski definition) is 4. The third-order valence-corrected chi connectivity index (χ3v) is 6.33. The van der Waals surface area contributed by atoms with Gasteiger partial charge >= 0.3 is 0 Å². The van der Waals surface area contributed by atoms with Gasteiger partial charge in [-0.1, -0.05) is 24.3 Å². The van der Waals surface area contributed by atoms with Gasteiger partial charge in [0.25, 0.3) is 0 Å². The topological polar surface area (TPSA) is 49.9 Å². The van der Waals surface area contributed by atoms with E-state index in [1.807, 2.05) is 31.2 Å². The molecule has 7 heteroatoms. The van der Waals surface area contributed by atoms with E-state index in [2.05, 4.69) is 4.90 Å². The van der Waals surface area contributed by atoms with Crippen LogP contribution < -0.4 is 4.74 Å². The van der Waals surface area contributed by atoms with E-state index in [1.54, 1.807) is 0 Å². The van der Waals surface area contributed by atoms with Crippen LogP contribution in [0.25, 0.3) is 0 Å². The summed E-state index contributed by atoms with van der Waals surface area (Å²) < 4.78 is 45.8. The summed E-state index contributed by atoms with van der Waals surface area (Å²) in [5, 5.41) is 0. The minimum Gasteiger partial charge on any atom is -0.494 e. The van der Waals surface area contributed by atoms with Crippen LogP contribution in [0.5, 0.6) is 5.75 Å². The number of para-hydroxylation sites is 1. The Morgan fingerprint density at radius 1 is 1.04 bits per heavy atom. The lowest BCUT2D eigenvalue weighted by molar-refractivity contribution is 0.179. The molecule has 5 nitrogen and oxygen atoms in total. The first kappa shape index (κ1) is 18.8. The molecule has 1 aliphatic rings. The van der Waals surface area contributed by atoms with Gasteiger partial charge in [-0.15, -0.1) is 0 Å². The van der Waals surface area contributed by atoms with Crippen molar-refractivity contribution < 1.29 is 17.5 Å². The molecule has 0 amide bonds. The summed E-state index contributed by atoms with van der Waals surface area (Å²) >= 11 is 0. The Balaban J connectivity index is 1.64.